The second-order valence-electron chi connectivity index (χ2n) is 6.48. The van der Waals surface area contributed by atoms with Gasteiger partial charge in [-0.15, -0.1) is 0 Å². The number of nitrogens with zero attached hydrogens (tertiary/aromatic N) is 1. The van der Waals surface area contributed by atoms with Gasteiger partial charge in [0, 0.05) is 18.5 Å². The van der Waals surface area contributed by atoms with Crippen molar-refractivity contribution in [2.75, 3.05) is 13.3 Å². The van der Waals surface area contributed by atoms with Crippen molar-refractivity contribution in [1.82, 2.24) is 15.8 Å². The van der Waals surface area contributed by atoms with Crippen molar-refractivity contribution in [1.29, 1.82) is 0 Å². The van der Waals surface area contributed by atoms with Crippen LogP contribution in [-0.2, 0) is 4.79 Å². The van der Waals surface area contributed by atoms with E-state index in [-0.39, 0.29) is 38.0 Å². The second kappa shape index (κ2) is 7.63. The molecular weight excluding hydrogens is 378 g/mol. The largest absolute Gasteiger partial charge is 0.454 e. The monoisotopic (exact) mass is 395 g/mol. The Kier molecular flexibility index (Phi) is 4.86. The molecule has 148 valence electrons. The van der Waals surface area contributed by atoms with Crippen molar-refractivity contribution in [3.63, 3.8) is 0 Å². The van der Waals surface area contributed by atoms with Crippen LogP contribution in [0.3, 0.4) is 0 Å². The fourth-order valence-corrected chi connectivity index (χ4v) is 3.14. The molecule has 0 saturated heterocycles. The number of nitrogens with one attached hydrogen (secondary N) is 2. The van der Waals surface area contributed by atoms with E-state index in [1.165, 1.54) is 6.07 Å². The van der Waals surface area contributed by atoms with Crippen molar-refractivity contribution in [3.8, 4) is 11.5 Å². The van der Waals surface area contributed by atoms with Crippen LogP contribution in [0.1, 0.15) is 43.9 Å². The average Bonchev–Trinajstić information content (AvgIpc) is 3.30. The van der Waals surface area contributed by atoms with E-state index >= 15 is 0 Å². The minimum absolute atomic E-state index is 0.0365. The van der Waals surface area contributed by atoms with Gasteiger partial charge in [0.2, 0.25) is 12.7 Å². The van der Waals surface area contributed by atoms with Crippen LogP contribution >= 0.6 is 0 Å². The highest BCUT2D eigenvalue weighted by Gasteiger charge is 2.34. The number of carbonyl (C=O) groups excluding carboxylic acids is 4. The van der Waals surface area contributed by atoms with Crippen molar-refractivity contribution in [2.45, 2.75) is 12.8 Å². The summed E-state index contributed by atoms with van der Waals surface area (Å²) in [5, 5.41) is 0. The lowest BCUT2D eigenvalue weighted by Gasteiger charge is -2.13. The number of hydrogen-bond acceptors (Lipinski definition) is 6. The number of imide groups is 1. The summed E-state index contributed by atoms with van der Waals surface area (Å²) >= 11 is 0. The predicted octanol–water partition coefficient (Wildman–Crippen LogP) is 1.25. The molecule has 2 aromatic carbocycles. The van der Waals surface area contributed by atoms with Gasteiger partial charge in [-0.2, -0.15) is 0 Å². The first-order chi connectivity index (χ1) is 14.0. The third-order valence-electron chi connectivity index (χ3n) is 4.61. The van der Waals surface area contributed by atoms with Crippen LogP contribution in [0.4, 0.5) is 0 Å². The molecule has 9 nitrogen and oxygen atoms in total. The van der Waals surface area contributed by atoms with E-state index in [0.29, 0.717) is 28.2 Å². The van der Waals surface area contributed by atoms with Crippen LogP contribution in [0.25, 0.3) is 0 Å². The summed E-state index contributed by atoms with van der Waals surface area (Å²) in [6.45, 7) is 0.222. The zero-order chi connectivity index (χ0) is 20.4. The Morgan fingerprint density at radius 3 is 2.34 bits per heavy atom. The maximum atomic E-state index is 12.3. The molecule has 0 unspecified atom stereocenters. The molecule has 4 rings (SSSR count). The van der Waals surface area contributed by atoms with E-state index in [1.54, 1.807) is 36.4 Å². The summed E-state index contributed by atoms with van der Waals surface area (Å²) in [4.78, 5) is 49.7. The molecule has 0 atom stereocenters. The maximum Gasteiger partial charge on any atom is 0.269 e. The predicted molar refractivity (Wildman–Crippen MR) is 99.2 cm³/mol. The summed E-state index contributed by atoms with van der Waals surface area (Å²) in [6, 6.07) is 11.3. The molecule has 4 amide bonds. The zero-order valence-electron chi connectivity index (χ0n) is 15.3. The number of benzene rings is 2. The summed E-state index contributed by atoms with van der Waals surface area (Å²) in [7, 11) is 0. The van der Waals surface area contributed by atoms with Gasteiger partial charge in [0.1, 0.15) is 0 Å². The molecule has 0 spiro atoms. The summed E-state index contributed by atoms with van der Waals surface area (Å²) in [5.74, 6) is -0.638. The topological polar surface area (TPSA) is 114 Å². The van der Waals surface area contributed by atoms with Gasteiger partial charge in [-0.3, -0.25) is 34.9 Å². The minimum atomic E-state index is -0.503. The van der Waals surface area contributed by atoms with Crippen LogP contribution in [-0.4, -0.2) is 41.9 Å². The standard InChI is InChI=1S/C20H17N3O6/c24-17(21-22-18(25)12-7-8-15-16(10-12)29-11-28-15)6-3-9-23-19(26)13-4-1-2-5-14(13)20(23)27/h1-2,4-5,7-8,10H,3,6,9,11H2,(H,21,24)(H,22,25). The molecule has 0 radical (unpaired) electrons. The highest BCUT2D eigenvalue weighted by Crippen LogP contribution is 2.32. The summed E-state index contributed by atoms with van der Waals surface area (Å²) in [6.07, 6.45) is 0.312. The van der Waals surface area contributed by atoms with Crippen molar-refractivity contribution < 1.29 is 28.7 Å². The number of fused-ring (bicyclic) bond motifs is 2. The van der Waals surface area contributed by atoms with Crippen LogP contribution in [0.2, 0.25) is 0 Å². The number of ether oxygens (including phenoxy) is 2. The SMILES string of the molecule is O=C(CCCN1C(=O)c2ccccc2C1=O)NNC(=O)c1ccc2c(c1)OCO2. The Hall–Kier alpha value is -3.88. The normalized spacial score (nSPS) is 14.0. The lowest BCUT2D eigenvalue weighted by molar-refractivity contribution is -0.122. The lowest BCUT2D eigenvalue weighted by atomic mass is 10.1. The molecule has 0 fully saturated rings. The van der Waals surface area contributed by atoms with Gasteiger partial charge in [-0.25, -0.2) is 0 Å². The Balaban J connectivity index is 1.23. The third kappa shape index (κ3) is 3.62. The van der Waals surface area contributed by atoms with Gasteiger partial charge in [-0.1, -0.05) is 12.1 Å². The number of hydrazine groups is 1. The molecule has 2 heterocycles. The van der Waals surface area contributed by atoms with Gasteiger partial charge in [0.15, 0.2) is 11.5 Å². The first-order valence-electron chi connectivity index (χ1n) is 8.98. The average molecular weight is 395 g/mol. The maximum absolute atomic E-state index is 12.3. The first kappa shape index (κ1) is 18.5. The quantitative estimate of drug-likeness (QED) is 0.582. The van der Waals surface area contributed by atoms with E-state index in [4.69, 9.17) is 9.47 Å². The molecule has 29 heavy (non-hydrogen) atoms. The molecule has 2 aliphatic heterocycles. The third-order valence-corrected chi connectivity index (χ3v) is 4.61. The van der Waals surface area contributed by atoms with E-state index in [2.05, 4.69) is 10.9 Å². The molecule has 9 heteroatoms. The second-order valence-corrected chi connectivity index (χ2v) is 6.48. The van der Waals surface area contributed by atoms with Gasteiger partial charge in [-0.05, 0) is 36.8 Å². The van der Waals surface area contributed by atoms with E-state index in [1.807, 2.05) is 0 Å². The van der Waals surface area contributed by atoms with Crippen LogP contribution in [0, 0.1) is 0 Å². The first-order valence-corrected chi connectivity index (χ1v) is 8.98. The van der Waals surface area contributed by atoms with Crippen LogP contribution in [0.5, 0.6) is 11.5 Å². The summed E-state index contributed by atoms with van der Waals surface area (Å²) in [5.41, 5.74) is 5.68. The Morgan fingerprint density at radius 2 is 1.62 bits per heavy atom. The van der Waals surface area contributed by atoms with E-state index in [0.717, 1.165) is 4.90 Å². The van der Waals surface area contributed by atoms with Crippen LogP contribution < -0.4 is 20.3 Å². The summed E-state index contributed by atoms with van der Waals surface area (Å²) < 4.78 is 10.4. The molecule has 0 bridgehead atoms. The van der Waals surface area contributed by atoms with Crippen molar-refractivity contribution in [3.05, 3.63) is 59.2 Å². The molecule has 0 aromatic heterocycles. The van der Waals surface area contributed by atoms with Gasteiger partial charge in [0.05, 0.1) is 11.1 Å². The van der Waals surface area contributed by atoms with Crippen molar-refractivity contribution in [2.24, 2.45) is 0 Å². The molecule has 2 aliphatic rings. The fraction of sp³-hybridized carbons (Fsp3) is 0.200. The van der Waals surface area contributed by atoms with Gasteiger partial charge in [0.25, 0.3) is 17.7 Å². The van der Waals surface area contributed by atoms with Crippen LogP contribution in [0.15, 0.2) is 42.5 Å². The number of carbonyl (C=O) groups is 4. The van der Waals surface area contributed by atoms with Crippen molar-refractivity contribution >= 4 is 23.6 Å². The van der Waals surface area contributed by atoms with Gasteiger partial charge < -0.3 is 9.47 Å². The highest BCUT2D eigenvalue weighted by molar-refractivity contribution is 6.21. The Morgan fingerprint density at radius 1 is 0.931 bits per heavy atom. The van der Waals surface area contributed by atoms with E-state index < -0.39 is 11.8 Å². The zero-order valence-corrected chi connectivity index (χ0v) is 15.3. The molecule has 0 aliphatic carbocycles. The molecule has 2 N–H and O–H groups in total. The van der Waals surface area contributed by atoms with E-state index in [9.17, 15) is 19.2 Å². The number of hydrogen-bond donors (Lipinski definition) is 2. The Labute approximate surface area is 165 Å². The molecular formula is C20H17N3O6. The fourth-order valence-electron chi connectivity index (χ4n) is 3.14. The number of rotatable bonds is 5. The molecule has 0 saturated carbocycles. The smallest absolute Gasteiger partial charge is 0.269 e. The Bertz CT molecular complexity index is 984. The lowest BCUT2D eigenvalue weighted by Crippen LogP contribution is -2.42. The molecule has 2 aromatic rings. The van der Waals surface area contributed by atoms with Gasteiger partial charge >= 0.3 is 0 Å². The minimum Gasteiger partial charge on any atom is -0.454 e. The highest BCUT2D eigenvalue weighted by atomic mass is 16.7. The number of amides is 4.